The zero-order chi connectivity index (χ0) is 9.42. The fourth-order valence-corrected chi connectivity index (χ4v) is 1.48. The fourth-order valence-electron chi connectivity index (χ4n) is 1.23. The summed E-state index contributed by atoms with van der Waals surface area (Å²) in [5.74, 6) is 0.674. The van der Waals surface area contributed by atoms with Crippen molar-refractivity contribution in [2.24, 2.45) is 0 Å². The number of rotatable bonds is 1. The number of aromatic amines is 1. The van der Waals surface area contributed by atoms with Crippen molar-refractivity contribution in [1.82, 2.24) is 10.2 Å². The Morgan fingerprint density at radius 1 is 1.54 bits per heavy atom. The second kappa shape index (κ2) is 2.81. The molecule has 0 spiro atoms. The number of nitrogens with zero attached hydrogens (tertiary/aromatic N) is 1. The van der Waals surface area contributed by atoms with Gasteiger partial charge < -0.3 is 10.5 Å². The van der Waals surface area contributed by atoms with Crippen LogP contribution in [0.25, 0.3) is 10.9 Å². The first-order valence-electron chi connectivity index (χ1n) is 3.69. The zero-order valence-corrected chi connectivity index (χ0v) is 7.72. The second-order valence-corrected chi connectivity index (χ2v) is 3.03. The number of aromatic nitrogens is 2. The maximum absolute atomic E-state index is 5.83. The molecular formula is C8H8ClN3O. The number of methoxy groups -OCH3 is 1. The summed E-state index contributed by atoms with van der Waals surface area (Å²) in [5.41, 5.74) is 7.03. The highest BCUT2D eigenvalue weighted by Gasteiger charge is 2.08. The minimum absolute atomic E-state index is 0.454. The lowest BCUT2D eigenvalue weighted by atomic mass is 10.2. The fraction of sp³-hybridized carbons (Fsp3) is 0.125. The normalized spacial score (nSPS) is 10.6. The number of nitrogen functional groups attached to an aromatic ring is 1. The van der Waals surface area contributed by atoms with Crippen LogP contribution in [0.3, 0.4) is 0 Å². The van der Waals surface area contributed by atoms with Gasteiger partial charge in [-0.2, -0.15) is 5.10 Å². The number of hydrogen-bond acceptors (Lipinski definition) is 3. The van der Waals surface area contributed by atoms with Gasteiger partial charge in [0.2, 0.25) is 0 Å². The van der Waals surface area contributed by atoms with Crippen molar-refractivity contribution in [3.8, 4) is 5.75 Å². The number of halogens is 1. The van der Waals surface area contributed by atoms with E-state index in [1.807, 2.05) is 0 Å². The van der Waals surface area contributed by atoms with Gasteiger partial charge in [0.15, 0.2) is 0 Å². The standard InChI is InChI=1S/C8H8ClN3O/c1-13-4-2-5(10)7-6(3-4)11-12-8(7)9/h2-3H,10H2,1H3,(H,11,12). The van der Waals surface area contributed by atoms with Crippen LogP contribution >= 0.6 is 11.6 Å². The molecule has 0 saturated carbocycles. The minimum Gasteiger partial charge on any atom is -0.497 e. The topological polar surface area (TPSA) is 63.9 Å². The molecule has 0 bridgehead atoms. The van der Waals surface area contributed by atoms with E-state index in [0.717, 1.165) is 5.39 Å². The Labute approximate surface area is 79.6 Å². The predicted octanol–water partition coefficient (Wildman–Crippen LogP) is 1.81. The van der Waals surface area contributed by atoms with Crippen LogP contribution in [0, 0.1) is 0 Å². The van der Waals surface area contributed by atoms with Crippen LogP contribution in [0.1, 0.15) is 0 Å². The number of hydrogen-bond donors (Lipinski definition) is 2. The van der Waals surface area contributed by atoms with Crippen molar-refractivity contribution in [1.29, 1.82) is 0 Å². The van der Waals surface area contributed by atoms with Crippen molar-refractivity contribution < 1.29 is 4.74 Å². The molecule has 1 aromatic carbocycles. The summed E-state index contributed by atoms with van der Waals surface area (Å²) in [4.78, 5) is 0. The van der Waals surface area contributed by atoms with Crippen molar-refractivity contribution in [3.05, 3.63) is 17.3 Å². The molecule has 5 heteroatoms. The average Bonchev–Trinajstić information content (AvgIpc) is 2.48. The molecule has 0 fully saturated rings. The van der Waals surface area contributed by atoms with Crippen LogP contribution in [0.4, 0.5) is 5.69 Å². The number of nitrogens with two attached hydrogens (primary N) is 1. The molecule has 4 nitrogen and oxygen atoms in total. The summed E-state index contributed by atoms with van der Waals surface area (Å²) in [7, 11) is 1.58. The Bertz CT molecular complexity index is 452. The number of ether oxygens (including phenoxy) is 1. The molecule has 13 heavy (non-hydrogen) atoms. The molecule has 0 aliphatic heterocycles. The van der Waals surface area contributed by atoms with Gasteiger partial charge in [0.1, 0.15) is 10.9 Å². The monoisotopic (exact) mass is 197 g/mol. The third-order valence-corrected chi connectivity index (χ3v) is 2.12. The van der Waals surface area contributed by atoms with Gasteiger partial charge in [0.25, 0.3) is 0 Å². The summed E-state index contributed by atoms with van der Waals surface area (Å²) >= 11 is 5.83. The van der Waals surface area contributed by atoms with Crippen LogP contribution in [-0.2, 0) is 0 Å². The van der Waals surface area contributed by atoms with E-state index >= 15 is 0 Å². The third kappa shape index (κ3) is 1.19. The molecule has 1 heterocycles. The van der Waals surface area contributed by atoms with Crippen molar-refractivity contribution in [2.45, 2.75) is 0 Å². The second-order valence-electron chi connectivity index (χ2n) is 2.65. The van der Waals surface area contributed by atoms with Gasteiger partial charge in [-0.1, -0.05) is 11.6 Å². The lowest BCUT2D eigenvalue weighted by Gasteiger charge is -2.01. The summed E-state index contributed by atoms with van der Waals surface area (Å²) in [5, 5.41) is 7.81. The molecule has 1 aromatic heterocycles. The smallest absolute Gasteiger partial charge is 0.134 e. The van der Waals surface area contributed by atoms with Gasteiger partial charge in [0, 0.05) is 17.8 Å². The Kier molecular flexibility index (Phi) is 1.77. The Balaban J connectivity index is 2.79. The Morgan fingerprint density at radius 2 is 2.31 bits per heavy atom. The molecular weight excluding hydrogens is 190 g/mol. The van der Waals surface area contributed by atoms with Gasteiger partial charge >= 0.3 is 0 Å². The molecule has 0 unspecified atom stereocenters. The van der Waals surface area contributed by atoms with Crippen LogP contribution < -0.4 is 10.5 Å². The van der Waals surface area contributed by atoms with Crippen molar-refractivity contribution in [3.63, 3.8) is 0 Å². The first-order chi connectivity index (χ1) is 6.22. The highest BCUT2D eigenvalue weighted by Crippen LogP contribution is 2.30. The Morgan fingerprint density at radius 3 is 3.00 bits per heavy atom. The molecule has 68 valence electrons. The molecule has 3 N–H and O–H groups in total. The molecule has 0 atom stereocenters. The number of fused-ring (bicyclic) bond motifs is 1. The first-order valence-corrected chi connectivity index (χ1v) is 4.07. The summed E-state index contributed by atoms with van der Waals surface area (Å²) in [6, 6.07) is 3.48. The highest BCUT2D eigenvalue weighted by atomic mass is 35.5. The van der Waals surface area contributed by atoms with E-state index < -0.39 is 0 Å². The summed E-state index contributed by atoms with van der Waals surface area (Å²) in [6.07, 6.45) is 0. The SMILES string of the molecule is COc1cc(N)c2c(Cl)[nH]nc2c1. The molecule has 0 aliphatic carbocycles. The van der Waals surface area contributed by atoms with Crippen LogP contribution in [0.2, 0.25) is 5.15 Å². The van der Waals surface area contributed by atoms with E-state index in [9.17, 15) is 0 Å². The predicted molar refractivity (Wildman–Crippen MR) is 52.1 cm³/mol. The molecule has 2 rings (SSSR count). The van der Waals surface area contributed by atoms with Crippen LogP contribution in [-0.4, -0.2) is 17.3 Å². The Hall–Kier alpha value is -1.42. The first kappa shape index (κ1) is 8.19. The van der Waals surface area contributed by atoms with Crippen molar-refractivity contribution >= 4 is 28.2 Å². The molecule has 0 saturated heterocycles. The lowest BCUT2D eigenvalue weighted by Crippen LogP contribution is -1.89. The molecule has 0 amide bonds. The lowest BCUT2D eigenvalue weighted by molar-refractivity contribution is 0.415. The number of benzene rings is 1. The van der Waals surface area contributed by atoms with E-state index in [4.69, 9.17) is 22.1 Å². The van der Waals surface area contributed by atoms with E-state index in [-0.39, 0.29) is 0 Å². The number of H-pyrrole nitrogens is 1. The number of nitrogens with one attached hydrogen (secondary N) is 1. The van der Waals surface area contributed by atoms with E-state index in [2.05, 4.69) is 10.2 Å². The van der Waals surface area contributed by atoms with Crippen molar-refractivity contribution in [2.75, 3.05) is 12.8 Å². The zero-order valence-electron chi connectivity index (χ0n) is 6.97. The van der Waals surface area contributed by atoms with Gasteiger partial charge in [-0.05, 0) is 0 Å². The summed E-state index contributed by atoms with van der Waals surface area (Å²) in [6.45, 7) is 0. The van der Waals surface area contributed by atoms with Crippen LogP contribution in [0.5, 0.6) is 5.75 Å². The minimum atomic E-state index is 0.454. The van der Waals surface area contributed by atoms with E-state index in [1.165, 1.54) is 0 Å². The number of anilines is 1. The van der Waals surface area contributed by atoms with Gasteiger partial charge in [0.05, 0.1) is 18.0 Å². The van der Waals surface area contributed by atoms with Gasteiger partial charge in [-0.15, -0.1) is 0 Å². The van der Waals surface area contributed by atoms with Crippen LogP contribution in [0.15, 0.2) is 12.1 Å². The highest BCUT2D eigenvalue weighted by molar-refractivity contribution is 6.35. The largest absolute Gasteiger partial charge is 0.497 e. The average molecular weight is 198 g/mol. The van der Waals surface area contributed by atoms with E-state index in [0.29, 0.717) is 22.1 Å². The maximum atomic E-state index is 5.83. The summed E-state index contributed by atoms with van der Waals surface area (Å²) < 4.78 is 5.04. The third-order valence-electron chi connectivity index (χ3n) is 1.85. The molecule has 0 radical (unpaired) electrons. The van der Waals surface area contributed by atoms with Gasteiger partial charge in [-0.3, -0.25) is 5.10 Å². The van der Waals surface area contributed by atoms with Gasteiger partial charge in [-0.25, -0.2) is 0 Å². The van der Waals surface area contributed by atoms with E-state index in [1.54, 1.807) is 19.2 Å². The quantitative estimate of drug-likeness (QED) is 0.686. The maximum Gasteiger partial charge on any atom is 0.134 e. The molecule has 0 aliphatic rings. The molecule has 2 aromatic rings.